The third kappa shape index (κ3) is 1.51. The van der Waals surface area contributed by atoms with Gasteiger partial charge < -0.3 is 4.74 Å². The van der Waals surface area contributed by atoms with Gasteiger partial charge in [-0.05, 0) is 6.92 Å². The van der Waals surface area contributed by atoms with E-state index in [4.69, 9.17) is 4.74 Å². The topological polar surface area (TPSA) is 52.1 Å². The quantitative estimate of drug-likeness (QED) is 0.634. The van der Waals surface area contributed by atoms with E-state index in [1.807, 2.05) is 0 Å². The molecule has 0 fully saturated rings. The van der Waals surface area contributed by atoms with Crippen LogP contribution in [0, 0.1) is 6.92 Å². The molecule has 5 heteroatoms. The predicted octanol–water partition coefficient (Wildman–Crippen LogP) is 0.335. The van der Waals surface area contributed by atoms with Gasteiger partial charge in [0.1, 0.15) is 5.69 Å². The second kappa shape index (κ2) is 3.26. The molecule has 0 bridgehead atoms. The van der Waals surface area contributed by atoms with E-state index in [1.165, 1.54) is 0 Å². The minimum absolute atomic E-state index is 0.0771. The highest BCUT2D eigenvalue weighted by Gasteiger charge is 2.01. The van der Waals surface area contributed by atoms with E-state index in [1.54, 1.807) is 13.2 Å². The van der Waals surface area contributed by atoms with Crippen LogP contribution in [0.4, 0.5) is 0 Å². The maximum absolute atomic E-state index is 9.72. The highest BCUT2D eigenvalue weighted by molar-refractivity contribution is 6.99. The Bertz CT molecular complexity index is 223. The smallest absolute Gasteiger partial charge is 0.249 e. The van der Waals surface area contributed by atoms with Gasteiger partial charge in [-0.1, -0.05) is 0 Å². The Labute approximate surface area is 62.2 Å². The number of aromatic nitrogens is 2. The van der Waals surface area contributed by atoms with Crippen molar-refractivity contribution in [2.24, 2.45) is 0 Å². The highest BCUT2D eigenvalue weighted by Crippen LogP contribution is 2.12. The van der Waals surface area contributed by atoms with Gasteiger partial charge in [-0.3, -0.25) is 4.79 Å². The zero-order chi connectivity index (χ0) is 7.40. The van der Waals surface area contributed by atoms with Crippen LogP contribution in [0.15, 0.2) is 0 Å². The van der Waals surface area contributed by atoms with Gasteiger partial charge >= 0.3 is 0 Å². The van der Waals surface area contributed by atoms with Crippen molar-refractivity contribution in [3.05, 3.63) is 5.69 Å². The van der Waals surface area contributed by atoms with Crippen molar-refractivity contribution >= 4 is 18.0 Å². The minimum atomic E-state index is -0.0771. The van der Waals surface area contributed by atoms with Gasteiger partial charge in [-0.25, -0.2) is 0 Å². The first-order chi connectivity index (χ1) is 4.84. The van der Waals surface area contributed by atoms with Gasteiger partial charge in [0.15, 0.2) is 6.61 Å². The largest absolute Gasteiger partial charge is 0.467 e. The first kappa shape index (κ1) is 7.14. The fourth-order valence-electron chi connectivity index (χ4n) is 0.452. The molecule has 0 amide bonds. The average molecular weight is 157 g/mol. The number of hydrogen-bond acceptors (Lipinski definition) is 5. The van der Waals surface area contributed by atoms with Gasteiger partial charge in [0.2, 0.25) is 12.2 Å². The molecule has 1 radical (unpaired) electrons. The molecule has 1 aromatic rings. The highest BCUT2D eigenvalue weighted by atomic mass is 32.1. The SMILES string of the molecule is Cc1nsnc1OC[C]=O. The number of carbonyl (C=O) groups excluding carboxylic acids is 1. The molecular weight excluding hydrogens is 152 g/mol. The third-order valence-corrected chi connectivity index (χ3v) is 1.48. The van der Waals surface area contributed by atoms with Gasteiger partial charge in [0, 0.05) is 0 Å². The number of hydrogen-bond donors (Lipinski definition) is 0. The number of nitrogens with zero attached hydrogens (tertiary/aromatic N) is 2. The normalized spacial score (nSPS) is 9.30. The number of ether oxygens (including phenoxy) is 1. The second-order valence-electron chi connectivity index (χ2n) is 1.59. The molecule has 0 N–H and O–H groups in total. The lowest BCUT2D eigenvalue weighted by Gasteiger charge is -1.93. The molecule has 0 aliphatic rings. The molecule has 0 spiro atoms. The minimum Gasteiger partial charge on any atom is -0.467 e. The van der Waals surface area contributed by atoms with E-state index in [0.717, 1.165) is 11.7 Å². The van der Waals surface area contributed by atoms with Crippen molar-refractivity contribution in [1.82, 2.24) is 8.75 Å². The first-order valence-electron chi connectivity index (χ1n) is 2.61. The fourth-order valence-corrected chi connectivity index (χ4v) is 0.953. The summed E-state index contributed by atoms with van der Waals surface area (Å²) in [6.45, 7) is 1.69. The van der Waals surface area contributed by atoms with Crippen LogP contribution < -0.4 is 4.74 Å². The van der Waals surface area contributed by atoms with Crippen LogP contribution in [0.2, 0.25) is 0 Å². The zero-order valence-corrected chi connectivity index (χ0v) is 6.14. The third-order valence-electron chi connectivity index (χ3n) is 0.879. The summed E-state index contributed by atoms with van der Waals surface area (Å²) in [7, 11) is 0. The summed E-state index contributed by atoms with van der Waals surface area (Å²) in [5.74, 6) is 0.424. The Kier molecular flexibility index (Phi) is 2.33. The Morgan fingerprint density at radius 1 is 1.70 bits per heavy atom. The van der Waals surface area contributed by atoms with E-state index < -0.39 is 0 Å². The van der Waals surface area contributed by atoms with Crippen molar-refractivity contribution in [3.63, 3.8) is 0 Å². The van der Waals surface area contributed by atoms with Gasteiger partial charge in [-0.15, -0.1) is 4.37 Å². The summed E-state index contributed by atoms with van der Waals surface area (Å²) in [4.78, 5) is 9.72. The molecule has 1 aromatic heterocycles. The van der Waals surface area contributed by atoms with Crippen LogP contribution in [-0.4, -0.2) is 21.6 Å². The van der Waals surface area contributed by atoms with Gasteiger partial charge in [-0.2, -0.15) is 4.37 Å². The molecule has 0 saturated heterocycles. The molecule has 1 rings (SSSR count). The van der Waals surface area contributed by atoms with Crippen molar-refractivity contribution in [2.45, 2.75) is 6.92 Å². The van der Waals surface area contributed by atoms with E-state index in [-0.39, 0.29) is 6.61 Å². The van der Waals surface area contributed by atoms with E-state index in [2.05, 4.69) is 8.75 Å². The summed E-state index contributed by atoms with van der Waals surface area (Å²) in [5, 5.41) is 0. The Morgan fingerprint density at radius 2 is 2.50 bits per heavy atom. The molecule has 1 heterocycles. The van der Waals surface area contributed by atoms with Gasteiger partial charge in [0.25, 0.3) is 0 Å². The Morgan fingerprint density at radius 3 is 3.00 bits per heavy atom. The lowest BCUT2D eigenvalue weighted by Crippen LogP contribution is -1.98. The molecule has 4 nitrogen and oxygen atoms in total. The first-order valence-corrected chi connectivity index (χ1v) is 3.34. The summed E-state index contributed by atoms with van der Waals surface area (Å²) < 4.78 is 12.5. The zero-order valence-electron chi connectivity index (χ0n) is 5.33. The van der Waals surface area contributed by atoms with Crippen molar-refractivity contribution in [3.8, 4) is 5.88 Å². The standard InChI is InChI=1S/C5H5N2O2S/c1-4-5(7-10-6-4)9-3-2-8/h3H2,1H3. The lowest BCUT2D eigenvalue weighted by atomic mass is 10.5. The van der Waals surface area contributed by atoms with Crippen LogP contribution in [0.1, 0.15) is 5.69 Å². The Hall–Kier alpha value is -0.970. The van der Waals surface area contributed by atoms with Crippen LogP contribution in [-0.2, 0) is 4.79 Å². The Balaban J connectivity index is 2.56. The molecule has 0 saturated carbocycles. The lowest BCUT2D eigenvalue weighted by molar-refractivity contribution is 0.352. The van der Waals surface area contributed by atoms with E-state index >= 15 is 0 Å². The molecule has 0 atom stereocenters. The fraction of sp³-hybridized carbons (Fsp3) is 0.400. The van der Waals surface area contributed by atoms with Crippen molar-refractivity contribution in [1.29, 1.82) is 0 Å². The second-order valence-corrected chi connectivity index (χ2v) is 2.12. The van der Waals surface area contributed by atoms with Crippen LogP contribution in [0.3, 0.4) is 0 Å². The monoisotopic (exact) mass is 157 g/mol. The summed E-state index contributed by atoms with van der Waals surface area (Å²) in [5.41, 5.74) is 0.709. The summed E-state index contributed by atoms with van der Waals surface area (Å²) >= 11 is 1.06. The van der Waals surface area contributed by atoms with E-state index in [9.17, 15) is 4.79 Å². The van der Waals surface area contributed by atoms with Crippen LogP contribution in [0.5, 0.6) is 5.88 Å². The van der Waals surface area contributed by atoms with Crippen molar-refractivity contribution in [2.75, 3.05) is 6.61 Å². The summed E-state index contributed by atoms with van der Waals surface area (Å²) in [6.07, 6.45) is 1.60. The molecule has 0 aliphatic heterocycles. The maximum Gasteiger partial charge on any atom is 0.249 e. The van der Waals surface area contributed by atoms with Gasteiger partial charge in [0.05, 0.1) is 11.7 Å². The maximum atomic E-state index is 9.72. The molecule has 0 aromatic carbocycles. The summed E-state index contributed by atoms with van der Waals surface area (Å²) in [6, 6.07) is 0. The van der Waals surface area contributed by atoms with Crippen LogP contribution in [0.25, 0.3) is 0 Å². The predicted molar refractivity (Wildman–Crippen MR) is 35.8 cm³/mol. The molecule has 0 aliphatic carbocycles. The number of rotatable bonds is 3. The van der Waals surface area contributed by atoms with Crippen molar-refractivity contribution < 1.29 is 9.53 Å². The average Bonchev–Trinajstić information content (AvgIpc) is 2.31. The molecule has 0 unspecified atom stereocenters. The number of aryl methyl sites for hydroxylation is 1. The molecule has 10 heavy (non-hydrogen) atoms. The van der Waals surface area contributed by atoms with Crippen LogP contribution >= 0.6 is 11.7 Å². The molecular formula is C5H5N2O2S. The molecule has 53 valence electrons. The van der Waals surface area contributed by atoms with E-state index in [0.29, 0.717) is 11.6 Å².